The third-order valence-electron chi connectivity index (χ3n) is 6.22. The topological polar surface area (TPSA) is 123 Å². The number of hydrogen-bond donors (Lipinski definition) is 3. The molecular weight excluding hydrogens is 538 g/mol. The molecule has 2 aromatic rings. The van der Waals surface area contributed by atoms with E-state index in [9.17, 15) is 36.7 Å². The molecule has 3 rings (SSSR count). The van der Waals surface area contributed by atoms with Crippen molar-refractivity contribution in [2.24, 2.45) is 5.92 Å². The number of nitrogens with one attached hydrogen (secondary N) is 3. The van der Waals surface area contributed by atoms with E-state index in [2.05, 4.69) is 16.0 Å². The summed E-state index contributed by atoms with van der Waals surface area (Å²) in [6, 6.07) is 6.32. The molecule has 1 fully saturated rings. The third kappa shape index (κ3) is 8.17. The van der Waals surface area contributed by atoms with Gasteiger partial charge in [-0.3, -0.25) is 14.4 Å². The molecule has 3 atom stereocenters. The molecule has 0 radical (unpaired) electrons. The second-order valence-corrected chi connectivity index (χ2v) is 9.17. The Hall–Kier alpha value is -4.16. The van der Waals surface area contributed by atoms with Crippen LogP contribution in [0, 0.1) is 29.2 Å². The van der Waals surface area contributed by atoms with Gasteiger partial charge in [0.05, 0.1) is 6.04 Å². The summed E-state index contributed by atoms with van der Waals surface area (Å²) in [6.45, 7) is 0.996. The monoisotopic (exact) mass is 567 g/mol. The standard InChI is InChI=1S/C27H29F4N3O6/c1-2-6-19(34-27(38)40-13-15-7-4-3-5-8-15)26(37)33-20(11-16-9-10-32-25(16)36)21(35)14-39-24-22(30)17(28)12-18(29)23(24)31/h3-5,7-8,12,16,19-20H,2,6,9-11,13-14H2,1H3,(H,32,36)(H,33,37)(H,34,38). The maximum absolute atomic E-state index is 14.0. The zero-order chi connectivity index (χ0) is 29.2. The largest absolute Gasteiger partial charge is 0.479 e. The van der Waals surface area contributed by atoms with Gasteiger partial charge in [0.15, 0.2) is 23.2 Å². The molecule has 3 unspecified atom stereocenters. The minimum atomic E-state index is -1.83. The van der Waals surface area contributed by atoms with E-state index in [0.717, 1.165) is 5.56 Å². The van der Waals surface area contributed by atoms with E-state index in [-0.39, 0.29) is 31.4 Å². The summed E-state index contributed by atoms with van der Waals surface area (Å²) in [5.41, 5.74) is 0.723. The molecule has 0 saturated carbocycles. The third-order valence-corrected chi connectivity index (χ3v) is 6.22. The number of hydrogen-bond acceptors (Lipinski definition) is 6. The summed E-state index contributed by atoms with van der Waals surface area (Å²) in [6.07, 6.45) is -0.0577. The van der Waals surface area contributed by atoms with Crippen LogP contribution in [0.25, 0.3) is 0 Å². The second-order valence-electron chi connectivity index (χ2n) is 9.17. The van der Waals surface area contributed by atoms with Crippen LogP contribution < -0.4 is 20.7 Å². The first-order valence-corrected chi connectivity index (χ1v) is 12.6. The van der Waals surface area contributed by atoms with Crippen LogP contribution in [-0.2, 0) is 25.7 Å². The molecule has 0 spiro atoms. The predicted molar refractivity (Wildman–Crippen MR) is 133 cm³/mol. The maximum atomic E-state index is 14.0. The lowest BCUT2D eigenvalue weighted by atomic mass is 9.95. The fraction of sp³-hybridized carbons (Fsp3) is 0.407. The SMILES string of the molecule is CCCC(NC(=O)OCc1ccccc1)C(=O)NC(CC1CCNC1=O)C(=O)COc1c(F)c(F)cc(F)c1F. The molecule has 3 amide bonds. The van der Waals surface area contributed by atoms with Crippen LogP contribution in [-0.4, -0.2) is 48.9 Å². The lowest BCUT2D eigenvalue weighted by Crippen LogP contribution is -2.53. The van der Waals surface area contributed by atoms with E-state index in [1.165, 1.54) is 0 Å². The molecule has 0 aromatic heterocycles. The van der Waals surface area contributed by atoms with E-state index < -0.39 is 71.4 Å². The Kier molecular flexibility index (Phi) is 10.9. The van der Waals surface area contributed by atoms with Crippen molar-refractivity contribution in [2.75, 3.05) is 13.2 Å². The van der Waals surface area contributed by atoms with Crippen LogP contribution >= 0.6 is 0 Å². The van der Waals surface area contributed by atoms with Gasteiger partial charge >= 0.3 is 6.09 Å². The van der Waals surface area contributed by atoms with Crippen molar-refractivity contribution >= 4 is 23.7 Å². The predicted octanol–water partition coefficient (Wildman–Crippen LogP) is 3.30. The fourth-order valence-electron chi connectivity index (χ4n) is 4.08. The average Bonchev–Trinajstić information content (AvgIpc) is 3.34. The molecule has 1 aliphatic heterocycles. The van der Waals surface area contributed by atoms with Gasteiger partial charge in [-0.25, -0.2) is 13.6 Å². The summed E-state index contributed by atoms with van der Waals surface area (Å²) in [4.78, 5) is 50.5. The normalized spacial score (nSPS) is 16.0. The smallest absolute Gasteiger partial charge is 0.408 e. The van der Waals surface area contributed by atoms with E-state index in [4.69, 9.17) is 9.47 Å². The van der Waals surface area contributed by atoms with Gasteiger partial charge in [0, 0.05) is 18.5 Å². The van der Waals surface area contributed by atoms with Crippen molar-refractivity contribution in [3.63, 3.8) is 0 Å². The lowest BCUT2D eigenvalue weighted by Gasteiger charge is -2.24. The Labute approximate surface area is 227 Å². The number of rotatable bonds is 13. The highest BCUT2D eigenvalue weighted by molar-refractivity contribution is 5.93. The Morgan fingerprint density at radius 3 is 2.30 bits per heavy atom. The molecule has 9 nitrogen and oxygen atoms in total. The first kappa shape index (κ1) is 30.4. The molecule has 0 bridgehead atoms. The van der Waals surface area contributed by atoms with Gasteiger partial charge < -0.3 is 25.4 Å². The van der Waals surface area contributed by atoms with E-state index >= 15 is 0 Å². The van der Waals surface area contributed by atoms with Gasteiger partial charge in [-0.2, -0.15) is 8.78 Å². The number of halogens is 4. The minimum absolute atomic E-state index is 0.00713. The van der Waals surface area contributed by atoms with Crippen LogP contribution in [0.1, 0.15) is 38.2 Å². The number of ether oxygens (including phenoxy) is 2. The van der Waals surface area contributed by atoms with Crippen LogP contribution in [0.3, 0.4) is 0 Å². The van der Waals surface area contributed by atoms with Crippen LogP contribution in [0.5, 0.6) is 5.75 Å². The van der Waals surface area contributed by atoms with Gasteiger partial charge in [-0.1, -0.05) is 43.7 Å². The van der Waals surface area contributed by atoms with E-state index in [0.29, 0.717) is 19.4 Å². The molecule has 40 heavy (non-hydrogen) atoms. The molecule has 1 heterocycles. The number of alkyl carbamates (subject to hydrolysis) is 1. The summed E-state index contributed by atoms with van der Waals surface area (Å²) < 4.78 is 64.9. The summed E-state index contributed by atoms with van der Waals surface area (Å²) >= 11 is 0. The van der Waals surface area contributed by atoms with Gasteiger partial charge in [0.25, 0.3) is 0 Å². The Morgan fingerprint density at radius 2 is 1.70 bits per heavy atom. The minimum Gasteiger partial charge on any atom is -0.479 e. The highest BCUT2D eigenvalue weighted by Gasteiger charge is 2.33. The molecule has 1 aliphatic rings. The first-order chi connectivity index (χ1) is 19.1. The number of carbonyl (C=O) groups excluding carboxylic acids is 4. The summed E-state index contributed by atoms with van der Waals surface area (Å²) in [7, 11) is 0. The molecule has 13 heteroatoms. The first-order valence-electron chi connectivity index (χ1n) is 12.6. The number of amides is 3. The Bertz CT molecular complexity index is 1200. The van der Waals surface area contributed by atoms with Gasteiger partial charge in [-0.05, 0) is 24.8 Å². The van der Waals surface area contributed by atoms with Crippen LogP contribution in [0.15, 0.2) is 36.4 Å². The van der Waals surface area contributed by atoms with Crippen molar-refractivity contribution in [1.29, 1.82) is 0 Å². The van der Waals surface area contributed by atoms with Gasteiger partial charge in [0.1, 0.15) is 19.3 Å². The quantitative estimate of drug-likeness (QED) is 0.252. The number of benzene rings is 2. The van der Waals surface area contributed by atoms with Crippen molar-refractivity contribution in [2.45, 2.75) is 51.3 Å². The Balaban J connectivity index is 1.69. The highest BCUT2D eigenvalue weighted by Crippen LogP contribution is 2.26. The van der Waals surface area contributed by atoms with Crippen molar-refractivity contribution < 1.29 is 46.2 Å². The van der Waals surface area contributed by atoms with Gasteiger partial charge in [0.2, 0.25) is 23.4 Å². The zero-order valence-electron chi connectivity index (χ0n) is 21.6. The Morgan fingerprint density at radius 1 is 1.02 bits per heavy atom. The van der Waals surface area contributed by atoms with Crippen molar-refractivity contribution in [1.82, 2.24) is 16.0 Å². The lowest BCUT2D eigenvalue weighted by molar-refractivity contribution is -0.131. The molecule has 2 aromatic carbocycles. The zero-order valence-corrected chi connectivity index (χ0v) is 21.6. The summed E-state index contributed by atoms with van der Waals surface area (Å²) in [5, 5.41) is 7.50. The second kappa shape index (κ2) is 14.3. The molecule has 3 N–H and O–H groups in total. The maximum Gasteiger partial charge on any atom is 0.408 e. The molecule has 0 aliphatic carbocycles. The van der Waals surface area contributed by atoms with E-state index in [1.54, 1.807) is 37.3 Å². The van der Waals surface area contributed by atoms with E-state index in [1.807, 2.05) is 0 Å². The van der Waals surface area contributed by atoms with Gasteiger partial charge in [-0.15, -0.1) is 0 Å². The number of carbonyl (C=O) groups is 4. The number of ketones is 1. The number of Topliss-reactive ketones (excluding diaryl/α,β-unsaturated/α-hetero) is 1. The highest BCUT2D eigenvalue weighted by atomic mass is 19.2. The van der Waals surface area contributed by atoms with Crippen molar-refractivity contribution in [3.05, 3.63) is 65.2 Å². The molecular formula is C27H29F4N3O6. The fourth-order valence-corrected chi connectivity index (χ4v) is 4.08. The van der Waals surface area contributed by atoms with Crippen LogP contribution in [0.2, 0.25) is 0 Å². The average molecular weight is 568 g/mol. The van der Waals surface area contributed by atoms with Crippen LogP contribution in [0.4, 0.5) is 22.4 Å². The molecule has 1 saturated heterocycles. The summed E-state index contributed by atoms with van der Waals surface area (Å²) in [5.74, 6) is -11.2. The van der Waals surface area contributed by atoms with Crippen molar-refractivity contribution in [3.8, 4) is 5.75 Å². The molecule has 216 valence electrons.